The monoisotopic (exact) mass is 450 g/mol. The molecule has 1 unspecified atom stereocenters. The van der Waals surface area contributed by atoms with Crippen molar-refractivity contribution in [2.45, 2.75) is 30.8 Å². The fourth-order valence-corrected chi connectivity index (χ4v) is 5.65. The lowest BCUT2D eigenvalue weighted by atomic mass is 10.1. The molecule has 156 valence electrons. The summed E-state index contributed by atoms with van der Waals surface area (Å²) in [6.07, 6.45) is 1.47. The number of benzene rings is 1. The Labute approximate surface area is 175 Å². The fraction of sp³-hybridized carbons (Fsp3) is 0.611. The summed E-state index contributed by atoms with van der Waals surface area (Å²) in [4.78, 5) is 14.8. The molecule has 3 rings (SSSR count). The summed E-state index contributed by atoms with van der Waals surface area (Å²) in [5.41, 5.74) is 0.00604. The molecule has 2 aliphatic heterocycles. The summed E-state index contributed by atoms with van der Waals surface area (Å²) in [5, 5.41) is 0.0435. The van der Waals surface area contributed by atoms with Gasteiger partial charge in [-0.1, -0.05) is 30.1 Å². The highest BCUT2D eigenvalue weighted by molar-refractivity contribution is 7.89. The molecule has 2 heterocycles. The van der Waals surface area contributed by atoms with Crippen molar-refractivity contribution in [1.29, 1.82) is 0 Å². The molecule has 1 atom stereocenters. The number of hydrogen-bond donors (Lipinski definition) is 0. The minimum atomic E-state index is -3.86. The van der Waals surface area contributed by atoms with Crippen LogP contribution in [-0.2, 0) is 19.5 Å². The van der Waals surface area contributed by atoms with Gasteiger partial charge in [0.1, 0.15) is 11.0 Å². The zero-order chi connectivity index (χ0) is 20.3. The predicted molar refractivity (Wildman–Crippen MR) is 107 cm³/mol. The number of carbonyl (C=O) groups excluding carboxylic acids is 1. The van der Waals surface area contributed by atoms with E-state index in [1.165, 1.54) is 16.4 Å². The summed E-state index contributed by atoms with van der Waals surface area (Å²) in [7, 11) is -3.86. The van der Waals surface area contributed by atoms with Crippen molar-refractivity contribution in [2.75, 3.05) is 45.9 Å². The normalized spacial score (nSPS) is 22.2. The van der Waals surface area contributed by atoms with E-state index in [1.807, 2.05) is 0 Å². The first-order valence-corrected chi connectivity index (χ1v) is 11.5. The topological polar surface area (TPSA) is 76.2 Å². The van der Waals surface area contributed by atoms with Gasteiger partial charge in [-0.05, 0) is 38.1 Å². The van der Waals surface area contributed by atoms with E-state index in [1.54, 1.807) is 0 Å². The number of likely N-dealkylation sites (tertiary alicyclic amines) is 1. The van der Waals surface area contributed by atoms with Gasteiger partial charge in [-0.15, -0.1) is 0 Å². The minimum absolute atomic E-state index is 0.00604. The summed E-state index contributed by atoms with van der Waals surface area (Å²) < 4.78 is 38.0. The van der Waals surface area contributed by atoms with Crippen LogP contribution in [-0.4, -0.2) is 75.6 Å². The van der Waals surface area contributed by atoms with Crippen LogP contribution in [0.5, 0.6) is 0 Å². The van der Waals surface area contributed by atoms with Crippen molar-refractivity contribution in [3.8, 4) is 0 Å². The Morgan fingerprint density at radius 1 is 1.21 bits per heavy atom. The number of halogens is 2. The molecule has 0 aromatic heterocycles. The fourth-order valence-electron chi connectivity index (χ4n) is 3.42. The highest BCUT2D eigenvalue weighted by Gasteiger charge is 2.31. The molecule has 2 aliphatic rings. The van der Waals surface area contributed by atoms with Crippen LogP contribution in [0.4, 0.5) is 0 Å². The Balaban J connectivity index is 1.83. The number of piperidine rings is 1. The van der Waals surface area contributed by atoms with Gasteiger partial charge in [0.15, 0.2) is 0 Å². The largest absolute Gasteiger partial charge is 0.457 e. The molecule has 0 bridgehead atoms. The van der Waals surface area contributed by atoms with Crippen LogP contribution in [0.3, 0.4) is 0 Å². The molecule has 28 heavy (non-hydrogen) atoms. The lowest BCUT2D eigenvalue weighted by Crippen LogP contribution is -2.41. The maximum Gasteiger partial charge on any atom is 0.340 e. The first-order chi connectivity index (χ1) is 13.3. The summed E-state index contributed by atoms with van der Waals surface area (Å²) in [6.45, 7) is 5.68. The summed E-state index contributed by atoms with van der Waals surface area (Å²) >= 11 is 12.3. The number of morpholine rings is 1. The molecule has 0 radical (unpaired) electrons. The number of hydrogen-bond acceptors (Lipinski definition) is 6. The van der Waals surface area contributed by atoms with Crippen LogP contribution < -0.4 is 0 Å². The third kappa shape index (κ3) is 4.80. The number of carbonyl (C=O) groups is 1. The molecule has 0 N–H and O–H groups in total. The van der Waals surface area contributed by atoms with Crippen molar-refractivity contribution >= 4 is 39.2 Å². The number of nitrogens with zero attached hydrogens (tertiary/aromatic N) is 2. The summed E-state index contributed by atoms with van der Waals surface area (Å²) in [5.74, 6) is -0.636. The molecule has 10 heteroatoms. The zero-order valence-electron chi connectivity index (χ0n) is 15.7. The van der Waals surface area contributed by atoms with Crippen molar-refractivity contribution < 1.29 is 22.7 Å². The third-order valence-corrected chi connectivity index (χ3v) is 7.69. The van der Waals surface area contributed by atoms with Crippen LogP contribution in [0.1, 0.15) is 30.1 Å². The SMILES string of the molecule is CCN1CCCC(OC(=O)c2cc(S(=O)(=O)N3CCOCC3)c(Cl)cc2Cl)C1. The second-order valence-corrected chi connectivity index (χ2v) is 9.56. The van der Waals surface area contributed by atoms with E-state index in [-0.39, 0.29) is 39.7 Å². The lowest BCUT2D eigenvalue weighted by molar-refractivity contribution is 0.00773. The van der Waals surface area contributed by atoms with Crippen molar-refractivity contribution in [3.63, 3.8) is 0 Å². The van der Waals surface area contributed by atoms with Crippen LogP contribution in [0.15, 0.2) is 17.0 Å². The van der Waals surface area contributed by atoms with E-state index in [0.717, 1.165) is 25.9 Å². The van der Waals surface area contributed by atoms with Gasteiger partial charge < -0.3 is 9.47 Å². The molecular formula is C18H24Cl2N2O5S. The number of ether oxygens (including phenoxy) is 2. The minimum Gasteiger partial charge on any atom is -0.457 e. The van der Waals surface area contributed by atoms with Crippen molar-refractivity contribution in [2.24, 2.45) is 0 Å². The van der Waals surface area contributed by atoms with Gasteiger partial charge in [0, 0.05) is 19.6 Å². The Kier molecular flexibility index (Phi) is 7.22. The predicted octanol–water partition coefficient (Wildman–Crippen LogP) is 2.66. The second kappa shape index (κ2) is 9.28. The van der Waals surface area contributed by atoms with E-state index in [9.17, 15) is 13.2 Å². The van der Waals surface area contributed by atoms with E-state index in [4.69, 9.17) is 32.7 Å². The Bertz CT molecular complexity index is 828. The number of rotatable bonds is 5. The summed E-state index contributed by atoms with van der Waals surface area (Å²) in [6, 6.07) is 2.50. The maximum atomic E-state index is 13.0. The van der Waals surface area contributed by atoms with Gasteiger partial charge in [0.05, 0.1) is 28.8 Å². The van der Waals surface area contributed by atoms with Gasteiger partial charge in [-0.2, -0.15) is 4.31 Å². The first kappa shape index (κ1) is 21.8. The van der Waals surface area contributed by atoms with Gasteiger partial charge in [-0.25, -0.2) is 13.2 Å². The van der Waals surface area contributed by atoms with Crippen molar-refractivity contribution in [1.82, 2.24) is 9.21 Å². The smallest absolute Gasteiger partial charge is 0.340 e. The third-order valence-electron chi connectivity index (χ3n) is 5.01. The van der Waals surface area contributed by atoms with Crippen LogP contribution in [0.25, 0.3) is 0 Å². The maximum absolute atomic E-state index is 13.0. The quantitative estimate of drug-likeness (QED) is 0.641. The zero-order valence-corrected chi connectivity index (χ0v) is 18.0. The molecule has 1 aromatic carbocycles. The number of likely N-dealkylation sites (N-methyl/N-ethyl adjacent to an activating group) is 1. The Morgan fingerprint density at radius 3 is 2.61 bits per heavy atom. The molecule has 2 fully saturated rings. The number of sulfonamides is 1. The average Bonchev–Trinajstić information content (AvgIpc) is 2.68. The molecule has 7 nitrogen and oxygen atoms in total. The highest BCUT2D eigenvalue weighted by Crippen LogP contribution is 2.32. The number of esters is 1. The first-order valence-electron chi connectivity index (χ1n) is 9.33. The van der Waals surface area contributed by atoms with Gasteiger partial charge in [0.25, 0.3) is 0 Å². The standard InChI is InChI=1S/C18H24Cl2N2O5S/c1-2-21-5-3-4-13(12-21)27-18(23)14-10-17(16(20)11-15(14)19)28(24,25)22-6-8-26-9-7-22/h10-11,13H,2-9,12H2,1H3. The Hall–Kier alpha value is -0.900. The molecule has 0 aliphatic carbocycles. The highest BCUT2D eigenvalue weighted by atomic mass is 35.5. The van der Waals surface area contributed by atoms with E-state index < -0.39 is 16.0 Å². The second-order valence-electron chi connectivity index (χ2n) is 6.84. The van der Waals surface area contributed by atoms with E-state index >= 15 is 0 Å². The van der Waals surface area contributed by atoms with E-state index in [2.05, 4.69) is 11.8 Å². The molecule has 0 saturated carbocycles. The van der Waals surface area contributed by atoms with Gasteiger partial charge in [0.2, 0.25) is 10.0 Å². The van der Waals surface area contributed by atoms with Gasteiger partial charge >= 0.3 is 5.97 Å². The Morgan fingerprint density at radius 2 is 1.93 bits per heavy atom. The average molecular weight is 451 g/mol. The van der Waals surface area contributed by atoms with Crippen molar-refractivity contribution in [3.05, 3.63) is 27.7 Å². The van der Waals surface area contributed by atoms with Gasteiger partial charge in [-0.3, -0.25) is 4.90 Å². The van der Waals surface area contributed by atoms with Crippen LogP contribution >= 0.6 is 23.2 Å². The van der Waals surface area contributed by atoms with E-state index in [0.29, 0.717) is 19.8 Å². The van der Waals surface area contributed by atoms with Crippen LogP contribution in [0, 0.1) is 0 Å². The lowest BCUT2D eigenvalue weighted by Gasteiger charge is -2.31. The molecule has 2 saturated heterocycles. The molecule has 0 spiro atoms. The molecule has 1 aromatic rings. The molecular weight excluding hydrogens is 427 g/mol. The van der Waals surface area contributed by atoms with Crippen LogP contribution in [0.2, 0.25) is 10.0 Å². The molecule has 0 amide bonds.